The maximum atomic E-state index is 12.5. The highest BCUT2D eigenvalue weighted by Crippen LogP contribution is 2.10. The Bertz CT molecular complexity index is 261. The Kier molecular flexibility index (Phi) is 2.16. The van der Waals surface area contributed by atoms with Gasteiger partial charge in [-0.05, 0) is 17.7 Å². The van der Waals surface area contributed by atoms with Gasteiger partial charge in [0, 0.05) is 0 Å². The molecule has 11 heavy (non-hydrogen) atoms. The molecule has 2 nitrogen and oxygen atoms in total. The van der Waals surface area contributed by atoms with Gasteiger partial charge in [0.15, 0.2) is 11.6 Å². The van der Waals surface area contributed by atoms with E-state index in [0.717, 1.165) is 12.1 Å². The van der Waals surface area contributed by atoms with Gasteiger partial charge in [-0.15, -0.1) is 0 Å². The predicted molar refractivity (Wildman–Crippen MR) is 37.5 cm³/mol. The maximum absolute atomic E-state index is 12.5. The highest BCUT2D eigenvalue weighted by atomic mass is 19.2. The van der Waals surface area contributed by atoms with Crippen molar-refractivity contribution in [3.8, 4) is 0 Å². The van der Waals surface area contributed by atoms with Crippen molar-refractivity contribution in [3.63, 3.8) is 0 Å². The van der Waals surface area contributed by atoms with E-state index in [9.17, 15) is 8.78 Å². The van der Waals surface area contributed by atoms with Gasteiger partial charge < -0.3 is 11.5 Å². The van der Waals surface area contributed by atoms with Crippen molar-refractivity contribution in [2.45, 2.75) is 6.17 Å². The molecule has 0 unspecified atom stereocenters. The quantitative estimate of drug-likeness (QED) is 0.596. The zero-order chi connectivity index (χ0) is 8.43. The lowest BCUT2D eigenvalue weighted by Gasteiger charge is -2.04. The van der Waals surface area contributed by atoms with Crippen molar-refractivity contribution >= 4 is 0 Å². The highest BCUT2D eigenvalue weighted by Gasteiger charge is 2.04. The zero-order valence-electron chi connectivity index (χ0n) is 5.72. The fraction of sp³-hybridized carbons (Fsp3) is 0.143. The van der Waals surface area contributed by atoms with Crippen LogP contribution in [0.5, 0.6) is 0 Å². The second-order valence-corrected chi connectivity index (χ2v) is 2.20. The van der Waals surface area contributed by atoms with Crippen LogP contribution in [0.15, 0.2) is 18.2 Å². The van der Waals surface area contributed by atoms with Gasteiger partial charge in [-0.25, -0.2) is 8.78 Å². The second-order valence-electron chi connectivity index (χ2n) is 2.20. The Morgan fingerprint density at radius 2 is 1.73 bits per heavy atom. The summed E-state index contributed by atoms with van der Waals surface area (Å²) in [5.41, 5.74) is 10.8. The van der Waals surface area contributed by atoms with E-state index in [4.69, 9.17) is 11.5 Å². The lowest BCUT2D eigenvalue weighted by Crippen LogP contribution is -2.20. The molecule has 0 saturated carbocycles. The van der Waals surface area contributed by atoms with Crippen molar-refractivity contribution < 1.29 is 8.78 Å². The van der Waals surface area contributed by atoms with Gasteiger partial charge in [0.1, 0.15) is 0 Å². The first-order valence-corrected chi connectivity index (χ1v) is 3.07. The van der Waals surface area contributed by atoms with Crippen LogP contribution in [0.25, 0.3) is 0 Å². The largest absolute Gasteiger partial charge is 0.312 e. The Balaban J connectivity index is 3.05. The van der Waals surface area contributed by atoms with Crippen molar-refractivity contribution in [2.24, 2.45) is 11.5 Å². The molecule has 0 amide bonds. The van der Waals surface area contributed by atoms with Crippen LogP contribution in [0.2, 0.25) is 0 Å². The Labute approximate surface area is 62.8 Å². The van der Waals surface area contributed by atoms with Crippen LogP contribution in [0.4, 0.5) is 8.78 Å². The topological polar surface area (TPSA) is 52.0 Å². The fourth-order valence-electron chi connectivity index (χ4n) is 0.720. The maximum Gasteiger partial charge on any atom is 0.159 e. The summed E-state index contributed by atoms with van der Waals surface area (Å²) < 4.78 is 24.8. The summed E-state index contributed by atoms with van der Waals surface area (Å²) in [6, 6.07) is 3.33. The molecule has 0 bridgehead atoms. The minimum Gasteiger partial charge on any atom is -0.312 e. The average molecular weight is 158 g/mol. The standard InChI is InChI=1S/C7H8F2N2/c8-5-2-1-4(7(10)11)3-6(5)9/h1-3,7H,10-11H2. The number of benzene rings is 1. The predicted octanol–water partition coefficient (Wildman–Crippen LogP) is 0.881. The van der Waals surface area contributed by atoms with Gasteiger partial charge in [0.25, 0.3) is 0 Å². The molecule has 4 heteroatoms. The van der Waals surface area contributed by atoms with Gasteiger partial charge in [-0.3, -0.25) is 0 Å². The van der Waals surface area contributed by atoms with E-state index in [2.05, 4.69) is 0 Å². The molecular weight excluding hydrogens is 150 g/mol. The Morgan fingerprint density at radius 1 is 1.09 bits per heavy atom. The summed E-state index contributed by atoms with van der Waals surface area (Å²) in [5, 5.41) is 0. The second kappa shape index (κ2) is 2.94. The molecule has 0 aromatic heterocycles. The highest BCUT2D eigenvalue weighted by molar-refractivity contribution is 5.19. The molecule has 0 saturated heterocycles. The summed E-state index contributed by atoms with van der Waals surface area (Å²) >= 11 is 0. The van der Waals surface area contributed by atoms with Gasteiger partial charge in [0.2, 0.25) is 0 Å². The SMILES string of the molecule is NC(N)c1ccc(F)c(F)c1. The average Bonchev–Trinajstić information content (AvgIpc) is 1.94. The summed E-state index contributed by atoms with van der Waals surface area (Å²) in [5.74, 6) is -1.82. The first-order chi connectivity index (χ1) is 5.11. The summed E-state index contributed by atoms with van der Waals surface area (Å²) in [6.07, 6.45) is -0.759. The summed E-state index contributed by atoms with van der Waals surface area (Å²) in [7, 11) is 0. The van der Waals surface area contributed by atoms with Crippen LogP contribution in [0.3, 0.4) is 0 Å². The first-order valence-electron chi connectivity index (χ1n) is 3.07. The third-order valence-electron chi connectivity index (χ3n) is 1.33. The van der Waals surface area contributed by atoms with Crippen molar-refractivity contribution in [3.05, 3.63) is 35.4 Å². The molecule has 0 spiro atoms. The minimum absolute atomic E-state index is 0.379. The Morgan fingerprint density at radius 3 is 2.18 bits per heavy atom. The molecule has 4 N–H and O–H groups in total. The number of nitrogens with two attached hydrogens (primary N) is 2. The molecule has 1 aromatic rings. The van der Waals surface area contributed by atoms with E-state index in [-0.39, 0.29) is 0 Å². The monoisotopic (exact) mass is 158 g/mol. The van der Waals surface area contributed by atoms with Crippen LogP contribution in [-0.4, -0.2) is 0 Å². The van der Waals surface area contributed by atoms with Crippen LogP contribution in [0.1, 0.15) is 11.7 Å². The van der Waals surface area contributed by atoms with Crippen molar-refractivity contribution in [1.82, 2.24) is 0 Å². The molecule has 1 rings (SSSR count). The lowest BCUT2D eigenvalue weighted by atomic mass is 10.2. The van der Waals surface area contributed by atoms with E-state index in [0.29, 0.717) is 5.56 Å². The third-order valence-corrected chi connectivity index (χ3v) is 1.33. The summed E-state index contributed by atoms with van der Waals surface area (Å²) in [4.78, 5) is 0. The minimum atomic E-state index is -0.927. The number of halogens is 2. The van der Waals surface area contributed by atoms with E-state index in [1.54, 1.807) is 0 Å². The lowest BCUT2D eigenvalue weighted by molar-refractivity contribution is 0.505. The third kappa shape index (κ3) is 1.72. The number of hydrogen-bond donors (Lipinski definition) is 2. The number of hydrogen-bond acceptors (Lipinski definition) is 2. The first kappa shape index (κ1) is 8.10. The molecule has 1 aromatic carbocycles. The molecule has 0 aliphatic carbocycles. The zero-order valence-corrected chi connectivity index (χ0v) is 5.72. The molecule has 0 aliphatic rings. The van der Waals surface area contributed by atoms with Crippen LogP contribution in [-0.2, 0) is 0 Å². The molecule has 0 aliphatic heterocycles. The van der Waals surface area contributed by atoms with Gasteiger partial charge in [-0.1, -0.05) is 6.07 Å². The molecule has 60 valence electrons. The van der Waals surface area contributed by atoms with Gasteiger partial charge >= 0.3 is 0 Å². The fourth-order valence-corrected chi connectivity index (χ4v) is 0.720. The number of rotatable bonds is 1. The molecular formula is C7H8F2N2. The Hall–Kier alpha value is -1.00. The van der Waals surface area contributed by atoms with E-state index < -0.39 is 17.8 Å². The van der Waals surface area contributed by atoms with Gasteiger partial charge in [0.05, 0.1) is 6.17 Å². The van der Waals surface area contributed by atoms with E-state index >= 15 is 0 Å². The molecule has 0 heterocycles. The molecule has 0 radical (unpaired) electrons. The van der Waals surface area contributed by atoms with Gasteiger partial charge in [-0.2, -0.15) is 0 Å². The van der Waals surface area contributed by atoms with Crippen molar-refractivity contribution in [2.75, 3.05) is 0 Å². The van der Waals surface area contributed by atoms with E-state index in [1.807, 2.05) is 0 Å². The summed E-state index contributed by atoms with van der Waals surface area (Å²) in [6.45, 7) is 0. The normalized spacial score (nSPS) is 10.6. The smallest absolute Gasteiger partial charge is 0.159 e. The van der Waals surface area contributed by atoms with Crippen molar-refractivity contribution in [1.29, 1.82) is 0 Å². The van der Waals surface area contributed by atoms with Crippen LogP contribution >= 0.6 is 0 Å². The molecule has 0 atom stereocenters. The molecule has 0 fully saturated rings. The van der Waals surface area contributed by atoms with Crippen LogP contribution < -0.4 is 11.5 Å². The van der Waals surface area contributed by atoms with Crippen LogP contribution in [0, 0.1) is 11.6 Å². The van der Waals surface area contributed by atoms with E-state index in [1.165, 1.54) is 6.07 Å².